The summed E-state index contributed by atoms with van der Waals surface area (Å²) in [5.74, 6) is 0.793. The highest BCUT2D eigenvalue weighted by Crippen LogP contribution is 2.32. The Kier molecular flexibility index (Phi) is 5.57. The van der Waals surface area contributed by atoms with Crippen LogP contribution in [0.3, 0.4) is 0 Å². The maximum absolute atomic E-state index is 12.6. The van der Waals surface area contributed by atoms with Crippen LogP contribution in [0.25, 0.3) is 0 Å². The van der Waals surface area contributed by atoms with Crippen LogP contribution in [0.1, 0.15) is 25.3 Å². The summed E-state index contributed by atoms with van der Waals surface area (Å²) >= 11 is 1.47. The summed E-state index contributed by atoms with van der Waals surface area (Å²) in [5, 5.41) is 0. The smallest absolute Gasteiger partial charge is 0.328 e. The highest BCUT2D eigenvalue weighted by molar-refractivity contribution is 7.99. The maximum Gasteiger partial charge on any atom is 0.416 e. The molecule has 0 bridgehead atoms. The van der Waals surface area contributed by atoms with Crippen molar-refractivity contribution in [1.29, 1.82) is 0 Å². The molecule has 1 aliphatic heterocycles. The number of likely N-dealkylation sites (tertiary alicyclic amines) is 1. The Morgan fingerprint density at radius 2 is 2.14 bits per heavy atom. The third-order valence-corrected chi connectivity index (χ3v) is 4.84. The van der Waals surface area contributed by atoms with E-state index in [0.29, 0.717) is 10.9 Å². The summed E-state index contributed by atoms with van der Waals surface area (Å²) in [6, 6.07) is 6.27. The van der Waals surface area contributed by atoms with E-state index in [0.717, 1.165) is 37.8 Å². The second kappa shape index (κ2) is 7.03. The second-order valence-corrected chi connectivity index (χ2v) is 6.71. The Morgan fingerprint density at radius 3 is 2.81 bits per heavy atom. The Bertz CT molecular complexity index is 464. The average molecular weight is 318 g/mol. The Labute approximate surface area is 127 Å². The van der Waals surface area contributed by atoms with Crippen LogP contribution in [0.5, 0.6) is 0 Å². The lowest BCUT2D eigenvalue weighted by Crippen LogP contribution is -2.46. The number of halogens is 3. The van der Waals surface area contributed by atoms with Crippen molar-refractivity contribution in [2.75, 3.05) is 18.8 Å². The van der Waals surface area contributed by atoms with Gasteiger partial charge in [-0.25, -0.2) is 0 Å². The fraction of sp³-hybridized carbons (Fsp3) is 0.600. The molecule has 1 aliphatic rings. The molecule has 2 atom stereocenters. The van der Waals surface area contributed by atoms with Crippen molar-refractivity contribution in [3.63, 3.8) is 0 Å². The fourth-order valence-corrected chi connectivity index (χ4v) is 3.58. The van der Waals surface area contributed by atoms with E-state index < -0.39 is 11.7 Å². The van der Waals surface area contributed by atoms with Crippen LogP contribution in [0, 0.1) is 0 Å². The molecule has 1 saturated heterocycles. The largest absolute Gasteiger partial charge is 0.416 e. The van der Waals surface area contributed by atoms with Crippen molar-refractivity contribution in [1.82, 2.24) is 4.90 Å². The van der Waals surface area contributed by atoms with Gasteiger partial charge in [0.25, 0.3) is 0 Å². The number of nitrogens with two attached hydrogens (primary N) is 1. The zero-order valence-electron chi connectivity index (χ0n) is 12.1. The first-order valence-electron chi connectivity index (χ1n) is 7.16. The molecule has 1 aromatic rings. The SMILES string of the molecule is CC1CC(N)CCN1CCSc1cccc(C(F)(F)F)c1. The van der Waals surface area contributed by atoms with Gasteiger partial charge >= 0.3 is 6.18 Å². The van der Waals surface area contributed by atoms with Gasteiger partial charge in [0, 0.05) is 29.3 Å². The lowest BCUT2D eigenvalue weighted by Gasteiger charge is -2.36. The lowest BCUT2D eigenvalue weighted by atomic mass is 9.99. The van der Waals surface area contributed by atoms with Crippen LogP contribution in [0.2, 0.25) is 0 Å². The number of piperidine rings is 1. The normalized spacial score (nSPS) is 24.2. The van der Waals surface area contributed by atoms with Crippen molar-refractivity contribution in [3.05, 3.63) is 29.8 Å². The molecule has 6 heteroatoms. The van der Waals surface area contributed by atoms with Gasteiger partial charge in [-0.15, -0.1) is 11.8 Å². The van der Waals surface area contributed by atoms with Crippen molar-refractivity contribution in [2.24, 2.45) is 5.73 Å². The summed E-state index contributed by atoms with van der Waals surface area (Å²) in [4.78, 5) is 3.04. The minimum Gasteiger partial charge on any atom is -0.328 e. The predicted octanol–water partition coefficient (Wildman–Crippen LogP) is 3.61. The third kappa shape index (κ3) is 4.90. The number of alkyl halides is 3. The van der Waals surface area contributed by atoms with Gasteiger partial charge in [0.2, 0.25) is 0 Å². The van der Waals surface area contributed by atoms with Crippen LogP contribution >= 0.6 is 11.8 Å². The fourth-order valence-electron chi connectivity index (χ4n) is 2.63. The van der Waals surface area contributed by atoms with Crippen molar-refractivity contribution >= 4 is 11.8 Å². The molecule has 2 N–H and O–H groups in total. The van der Waals surface area contributed by atoms with Crippen molar-refractivity contribution in [3.8, 4) is 0 Å². The van der Waals surface area contributed by atoms with E-state index in [-0.39, 0.29) is 6.04 Å². The summed E-state index contributed by atoms with van der Waals surface area (Å²) in [5.41, 5.74) is 5.35. The first-order valence-corrected chi connectivity index (χ1v) is 8.14. The minimum absolute atomic E-state index is 0.285. The van der Waals surface area contributed by atoms with Crippen LogP contribution in [0.4, 0.5) is 13.2 Å². The van der Waals surface area contributed by atoms with Crippen LogP contribution in [-0.4, -0.2) is 35.8 Å². The van der Waals surface area contributed by atoms with E-state index >= 15 is 0 Å². The van der Waals surface area contributed by atoms with Crippen molar-refractivity contribution in [2.45, 2.75) is 42.9 Å². The van der Waals surface area contributed by atoms with Gasteiger partial charge in [0.15, 0.2) is 0 Å². The molecule has 0 aliphatic carbocycles. The van der Waals surface area contributed by atoms with E-state index in [4.69, 9.17) is 5.73 Å². The topological polar surface area (TPSA) is 29.3 Å². The van der Waals surface area contributed by atoms with Crippen LogP contribution in [0.15, 0.2) is 29.2 Å². The summed E-state index contributed by atoms with van der Waals surface area (Å²) in [7, 11) is 0. The number of hydrogen-bond donors (Lipinski definition) is 1. The molecule has 0 amide bonds. The van der Waals surface area contributed by atoms with Crippen molar-refractivity contribution < 1.29 is 13.2 Å². The zero-order chi connectivity index (χ0) is 15.5. The number of rotatable bonds is 4. The van der Waals surface area contributed by atoms with E-state index in [9.17, 15) is 13.2 Å². The molecule has 0 saturated carbocycles. The Balaban J connectivity index is 1.84. The zero-order valence-corrected chi connectivity index (χ0v) is 12.9. The van der Waals surface area contributed by atoms with Gasteiger partial charge in [-0.3, -0.25) is 4.90 Å². The average Bonchev–Trinajstić information content (AvgIpc) is 2.41. The van der Waals surface area contributed by atoms with Gasteiger partial charge in [-0.2, -0.15) is 13.2 Å². The maximum atomic E-state index is 12.6. The standard InChI is InChI=1S/C15H21F3N2S/c1-11-9-13(19)5-6-20(11)7-8-21-14-4-2-3-12(10-14)15(16,17)18/h2-4,10-11,13H,5-9,19H2,1H3. The first-order chi connectivity index (χ1) is 9.86. The Hall–Kier alpha value is -0.720. The lowest BCUT2D eigenvalue weighted by molar-refractivity contribution is -0.137. The number of nitrogens with zero attached hydrogens (tertiary/aromatic N) is 1. The quantitative estimate of drug-likeness (QED) is 0.860. The number of thioether (sulfide) groups is 1. The highest BCUT2D eigenvalue weighted by atomic mass is 32.2. The van der Waals surface area contributed by atoms with Crippen LogP contribution in [-0.2, 0) is 6.18 Å². The van der Waals surface area contributed by atoms with Gasteiger partial charge in [0.05, 0.1) is 5.56 Å². The molecule has 0 aromatic heterocycles. The first kappa shape index (κ1) is 16.6. The molecule has 118 valence electrons. The monoisotopic (exact) mass is 318 g/mol. The van der Waals surface area contributed by atoms with E-state index in [1.165, 1.54) is 23.9 Å². The summed E-state index contributed by atoms with van der Waals surface area (Å²) in [6.07, 6.45) is -2.28. The van der Waals surface area contributed by atoms with Gasteiger partial charge in [0.1, 0.15) is 0 Å². The van der Waals surface area contributed by atoms with E-state index in [1.807, 2.05) is 0 Å². The molecular weight excluding hydrogens is 297 g/mol. The molecule has 1 aromatic carbocycles. The molecule has 0 radical (unpaired) electrons. The number of hydrogen-bond acceptors (Lipinski definition) is 3. The summed E-state index contributed by atoms with van der Waals surface area (Å²) in [6.45, 7) is 4.02. The van der Waals surface area contributed by atoms with E-state index in [1.54, 1.807) is 6.07 Å². The predicted molar refractivity (Wildman–Crippen MR) is 80.4 cm³/mol. The number of benzene rings is 1. The van der Waals surface area contributed by atoms with E-state index in [2.05, 4.69) is 11.8 Å². The molecule has 2 unspecified atom stereocenters. The summed E-state index contributed by atoms with van der Waals surface area (Å²) < 4.78 is 37.9. The third-order valence-electron chi connectivity index (χ3n) is 3.86. The molecule has 1 heterocycles. The second-order valence-electron chi connectivity index (χ2n) is 5.54. The molecule has 1 fully saturated rings. The van der Waals surface area contributed by atoms with Gasteiger partial charge in [-0.1, -0.05) is 6.07 Å². The minimum atomic E-state index is -4.27. The molecule has 2 nitrogen and oxygen atoms in total. The highest BCUT2D eigenvalue weighted by Gasteiger charge is 2.30. The van der Waals surface area contributed by atoms with Gasteiger partial charge in [-0.05, 0) is 44.5 Å². The Morgan fingerprint density at radius 1 is 1.38 bits per heavy atom. The molecule has 2 rings (SSSR count). The van der Waals surface area contributed by atoms with Gasteiger partial charge < -0.3 is 5.73 Å². The molecular formula is C15H21F3N2S. The molecule has 0 spiro atoms. The molecule has 21 heavy (non-hydrogen) atoms. The van der Waals surface area contributed by atoms with Crippen LogP contribution < -0.4 is 5.73 Å².